The Hall–Kier alpha value is -2.93. The predicted octanol–water partition coefficient (Wildman–Crippen LogP) is 1.74. The maximum atomic E-state index is 12.3. The Balaban J connectivity index is 1.72. The summed E-state index contributed by atoms with van der Waals surface area (Å²) in [5.74, 6) is 0.725. The van der Waals surface area contributed by atoms with E-state index in [4.69, 9.17) is 4.74 Å². The molecule has 0 saturated heterocycles. The molecule has 0 atom stereocenters. The van der Waals surface area contributed by atoms with Crippen molar-refractivity contribution in [2.45, 2.75) is 6.54 Å². The zero-order chi connectivity index (χ0) is 16.9. The van der Waals surface area contributed by atoms with Crippen molar-refractivity contribution < 1.29 is 14.1 Å². The van der Waals surface area contributed by atoms with Crippen molar-refractivity contribution >= 4 is 17.1 Å². The monoisotopic (exact) mass is 340 g/mol. The lowest BCUT2D eigenvalue weighted by atomic mass is 10.1. The van der Waals surface area contributed by atoms with E-state index in [1.54, 1.807) is 53.7 Å². The summed E-state index contributed by atoms with van der Waals surface area (Å²) >= 11 is 1.00. The van der Waals surface area contributed by atoms with Crippen molar-refractivity contribution in [2.24, 2.45) is 0 Å². The Morgan fingerprint density at radius 3 is 2.42 bits per heavy atom. The number of aromatic nitrogens is 3. The molecule has 0 radical (unpaired) electrons. The van der Waals surface area contributed by atoms with Gasteiger partial charge < -0.3 is 4.74 Å². The molecule has 3 aromatic rings. The first-order valence-corrected chi connectivity index (χ1v) is 8.03. The number of carbonyl (C=O) groups is 1. The third-order valence-electron chi connectivity index (χ3n) is 3.44. The van der Waals surface area contributed by atoms with Gasteiger partial charge in [-0.15, -0.1) is 5.10 Å². The smallest absolute Gasteiger partial charge is 0.344 e. The molecule has 0 N–H and O–H groups in total. The van der Waals surface area contributed by atoms with Crippen molar-refractivity contribution in [3.63, 3.8) is 0 Å². The molecule has 120 valence electrons. The van der Waals surface area contributed by atoms with Crippen molar-refractivity contribution in [3.05, 3.63) is 69.4 Å². The van der Waals surface area contributed by atoms with Gasteiger partial charge in [0.1, 0.15) is 11.4 Å². The van der Waals surface area contributed by atoms with Crippen LogP contribution in [0.4, 0.5) is 0 Å². The number of hydrogen-bond donors (Lipinski definition) is 0. The van der Waals surface area contributed by atoms with Crippen molar-refractivity contribution in [1.29, 1.82) is 0 Å². The standard InChI is InChI=1S/C17H14N3O3S/c1-23-14-4-2-13(3-5-14)16(21)10-20-8-6-12(7-9-20)15-11-24-17(22)19-18-15/h2-9,11H,10H2,1H3/q+1. The maximum Gasteiger partial charge on any atom is 0.344 e. The molecule has 0 spiro atoms. The molecule has 0 aliphatic heterocycles. The fourth-order valence-electron chi connectivity index (χ4n) is 2.14. The van der Waals surface area contributed by atoms with Crippen LogP contribution in [0.15, 0.2) is 59.0 Å². The molecule has 24 heavy (non-hydrogen) atoms. The van der Waals surface area contributed by atoms with Gasteiger partial charge in [0, 0.05) is 28.6 Å². The van der Waals surface area contributed by atoms with E-state index in [1.165, 1.54) is 0 Å². The number of carbonyl (C=O) groups excluding carboxylic acids is 1. The highest BCUT2D eigenvalue weighted by Gasteiger charge is 2.12. The van der Waals surface area contributed by atoms with Gasteiger partial charge in [0.05, 0.1) is 7.11 Å². The molecule has 0 fully saturated rings. The first-order valence-electron chi connectivity index (χ1n) is 7.15. The van der Waals surface area contributed by atoms with Crippen LogP contribution in [0.3, 0.4) is 0 Å². The molecule has 0 bridgehead atoms. The number of methoxy groups -OCH3 is 1. The van der Waals surface area contributed by atoms with Gasteiger partial charge in [0.2, 0.25) is 12.3 Å². The fraction of sp³-hybridized carbons (Fsp3) is 0.118. The summed E-state index contributed by atoms with van der Waals surface area (Å²) in [6, 6.07) is 10.7. The molecule has 1 aromatic carbocycles. The zero-order valence-corrected chi connectivity index (χ0v) is 13.7. The van der Waals surface area contributed by atoms with Crippen LogP contribution in [0, 0.1) is 0 Å². The van der Waals surface area contributed by atoms with Gasteiger partial charge in [-0.05, 0) is 24.3 Å². The summed E-state index contributed by atoms with van der Waals surface area (Å²) in [5.41, 5.74) is 2.10. The Kier molecular flexibility index (Phi) is 4.72. The largest absolute Gasteiger partial charge is 0.497 e. The van der Waals surface area contributed by atoms with E-state index in [9.17, 15) is 9.59 Å². The van der Waals surface area contributed by atoms with Gasteiger partial charge >= 0.3 is 4.87 Å². The first-order chi connectivity index (χ1) is 11.7. The van der Waals surface area contributed by atoms with Crippen LogP contribution in [0.1, 0.15) is 10.4 Å². The second-order valence-electron chi connectivity index (χ2n) is 5.00. The Bertz CT molecular complexity index is 885. The third kappa shape index (κ3) is 3.69. The number of nitrogens with zero attached hydrogens (tertiary/aromatic N) is 3. The minimum absolute atomic E-state index is 0.00752. The van der Waals surface area contributed by atoms with Crippen molar-refractivity contribution in [3.8, 4) is 17.0 Å². The highest BCUT2D eigenvalue weighted by molar-refractivity contribution is 7.07. The average molecular weight is 340 g/mol. The second-order valence-corrected chi connectivity index (χ2v) is 5.82. The van der Waals surface area contributed by atoms with Crippen LogP contribution in [0.25, 0.3) is 11.3 Å². The summed E-state index contributed by atoms with van der Waals surface area (Å²) in [4.78, 5) is 23.0. The van der Waals surface area contributed by atoms with Gasteiger partial charge in [-0.3, -0.25) is 9.59 Å². The van der Waals surface area contributed by atoms with Gasteiger partial charge in [0.25, 0.3) is 0 Å². The predicted molar refractivity (Wildman–Crippen MR) is 89.1 cm³/mol. The zero-order valence-electron chi connectivity index (χ0n) is 12.9. The van der Waals surface area contributed by atoms with Crippen LogP contribution in [0.5, 0.6) is 5.75 Å². The number of ether oxygens (including phenoxy) is 1. The third-order valence-corrected chi connectivity index (χ3v) is 4.06. The van der Waals surface area contributed by atoms with E-state index >= 15 is 0 Å². The molecule has 2 heterocycles. The number of hydrogen-bond acceptors (Lipinski definition) is 6. The molecular formula is C17H14N3O3S+. The second kappa shape index (κ2) is 7.10. The molecule has 0 saturated carbocycles. The molecular weight excluding hydrogens is 326 g/mol. The van der Waals surface area contributed by atoms with E-state index in [0.29, 0.717) is 11.3 Å². The van der Waals surface area contributed by atoms with Gasteiger partial charge in [-0.25, -0.2) is 0 Å². The van der Waals surface area contributed by atoms with Gasteiger partial charge in [0.15, 0.2) is 12.4 Å². The van der Waals surface area contributed by atoms with E-state index in [1.807, 2.05) is 12.1 Å². The van der Waals surface area contributed by atoms with E-state index in [-0.39, 0.29) is 17.2 Å². The fourth-order valence-corrected chi connectivity index (χ4v) is 2.62. The minimum atomic E-state index is -0.324. The van der Waals surface area contributed by atoms with Crippen molar-refractivity contribution in [2.75, 3.05) is 7.11 Å². The van der Waals surface area contributed by atoms with Gasteiger partial charge in [-0.2, -0.15) is 4.57 Å². The Morgan fingerprint density at radius 1 is 1.12 bits per heavy atom. The molecule has 3 rings (SSSR count). The van der Waals surface area contributed by atoms with Crippen LogP contribution >= 0.6 is 11.3 Å². The molecule has 6 nitrogen and oxygen atoms in total. The number of pyridine rings is 1. The van der Waals surface area contributed by atoms with Crippen LogP contribution < -0.4 is 14.2 Å². The molecule has 7 heteroatoms. The molecule has 0 aliphatic rings. The average Bonchev–Trinajstić information content (AvgIpc) is 2.63. The molecule has 0 unspecified atom stereocenters. The summed E-state index contributed by atoms with van der Waals surface area (Å²) < 4.78 is 6.87. The quantitative estimate of drug-likeness (QED) is 0.522. The molecule has 0 amide bonds. The van der Waals surface area contributed by atoms with Crippen LogP contribution in [0.2, 0.25) is 0 Å². The molecule has 0 aliphatic carbocycles. The lowest BCUT2D eigenvalue weighted by Crippen LogP contribution is -2.37. The van der Waals surface area contributed by atoms with E-state index in [2.05, 4.69) is 10.2 Å². The summed E-state index contributed by atoms with van der Waals surface area (Å²) in [6.07, 6.45) is 3.60. The Labute approximate surface area is 142 Å². The molecule has 2 aromatic heterocycles. The summed E-state index contributed by atoms with van der Waals surface area (Å²) in [7, 11) is 1.59. The number of Topliss-reactive ketones (excluding diaryl/α,β-unsaturated/α-hetero) is 1. The normalized spacial score (nSPS) is 10.4. The topological polar surface area (TPSA) is 73.0 Å². The maximum absolute atomic E-state index is 12.3. The van der Waals surface area contributed by atoms with Crippen LogP contribution in [-0.2, 0) is 6.54 Å². The number of rotatable bonds is 5. The minimum Gasteiger partial charge on any atom is -0.497 e. The van der Waals surface area contributed by atoms with Crippen molar-refractivity contribution in [1.82, 2.24) is 10.2 Å². The Morgan fingerprint density at radius 2 is 1.83 bits per heavy atom. The first kappa shape index (κ1) is 15.9. The summed E-state index contributed by atoms with van der Waals surface area (Å²) in [5, 5.41) is 9.05. The highest BCUT2D eigenvalue weighted by atomic mass is 32.1. The highest BCUT2D eigenvalue weighted by Crippen LogP contribution is 2.14. The van der Waals surface area contributed by atoms with Gasteiger partial charge in [-0.1, -0.05) is 16.4 Å². The van der Waals surface area contributed by atoms with E-state index in [0.717, 1.165) is 22.6 Å². The number of ketones is 1. The van der Waals surface area contributed by atoms with E-state index < -0.39 is 0 Å². The van der Waals surface area contributed by atoms with Crippen LogP contribution in [-0.4, -0.2) is 23.1 Å². The lowest BCUT2D eigenvalue weighted by Gasteiger charge is -2.02. The SMILES string of the molecule is COc1ccc(C(=O)C[n+]2ccc(-c3csc(=O)nn3)cc2)cc1. The lowest BCUT2D eigenvalue weighted by molar-refractivity contribution is -0.683. The summed E-state index contributed by atoms with van der Waals surface area (Å²) in [6.45, 7) is 0.237. The number of benzene rings is 1.